The molecule has 0 bridgehead atoms. The highest BCUT2D eigenvalue weighted by molar-refractivity contribution is 6.07. The van der Waals surface area contributed by atoms with Gasteiger partial charge in [-0.3, -0.25) is 4.79 Å². The number of nitriles is 3. The first kappa shape index (κ1) is 58.3. The first-order valence-corrected chi connectivity index (χ1v) is 25.1. The highest BCUT2D eigenvalue weighted by Gasteiger charge is 2.23. The van der Waals surface area contributed by atoms with Crippen molar-refractivity contribution in [1.82, 2.24) is 0 Å². The van der Waals surface area contributed by atoms with Crippen molar-refractivity contribution >= 4 is 46.0 Å². The summed E-state index contributed by atoms with van der Waals surface area (Å²) in [6.07, 6.45) is 0. The van der Waals surface area contributed by atoms with Crippen molar-refractivity contribution in [2.24, 2.45) is 5.73 Å². The van der Waals surface area contributed by atoms with E-state index < -0.39 is 17.9 Å². The van der Waals surface area contributed by atoms with Crippen LogP contribution in [0.4, 0.5) is 0 Å². The number of carbonyl (C=O) groups is 4. The van der Waals surface area contributed by atoms with E-state index in [1.807, 2.05) is 261 Å². The van der Waals surface area contributed by atoms with E-state index in [1.54, 1.807) is 0 Å². The van der Waals surface area contributed by atoms with E-state index in [4.69, 9.17) is 25.1 Å². The Morgan fingerprint density at radius 2 is 0.537 bits per heavy atom. The molecule has 0 unspecified atom stereocenters. The van der Waals surface area contributed by atoms with Gasteiger partial charge in [-0.05, 0) is 44.5 Å². The number of aliphatic hydroxyl groups excluding tert-OH is 1. The summed E-state index contributed by atoms with van der Waals surface area (Å²) in [6.45, 7) is 0.479. The van der Waals surface area contributed by atoms with Gasteiger partial charge in [0.15, 0.2) is 5.78 Å². The van der Waals surface area contributed by atoms with Crippen molar-refractivity contribution < 1.29 is 38.5 Å². The minimum Gasteiger partial charge on any atom is -0.459 e. The SMILES string of the molecule is CC(=O)C(N)=C(c1ccccc1)c1ccccc1.N#CC(C(=O)OCCO)=C(c1ccccc1)c1ccccc1.N#CC(C(=O)OCCOC(=O)C(C#N)=C(c1ccccc1)c1ccccc1)=C(c1ccccc1)c1ccccc1. The molecule has 0 saturated heterocycles. The molecule has 0 atom stereocenters. The van der Waals surface area contributed by atoms with Gasteiger partial charge in [0.1, 0.15) is 54.7 Å². The number of rotatable bonds is 17. The van der Waals surface area contributed by atoms with Crippen LogP contribution in [-0.2, 0) is 33.4 Å². The normalized spacial score (nSPS) is 9.79. The summed E-state index contributed by atoms with van der Waals surface area (Å²) < 4.78 is 15.5. The molecule has 0 aromatic heterocycles. The van der Waals surface area contributed by atoms with Crippen molar-refractivity contribution in [2.75, 3.05) is 26.4 Å². The molecule has 0 radical (unpaired) electrons. The second-order valence-electron chi connectivity index (χ2n) is 17.0. The maximum Gasteiger partial charge on any atom is 0.349 e. The molecule has 0 fully saturated rings. The third-order valence-corrected chi connectivity index (χ3v) is 11.7. The van der Waals surface area contributed by atoms with Crippen molar-refractivity contribution in [3.05, 3.63) is 310 Å². The number of esters is 3. The van der Waals surface area contributed by atoms with E-state index in [1.165, 1.54) is 6.92 Å². The van der Waals surface area contributed by atoms with E-state index >= 15 is 0 Å². The molecule has 0 aliphatic rings. The zero-order chi connectivity index (χ0) is 56.9. The molecule has 0 heterocycles. The molecule has 0 amide bonds. The Morgan fingerprint density at radius 3 is 0.713 bits per heavy atom. The number of hydrogen-bond donors (Lipinski definition) is 2. The second kappa shape index (κ2) is 31.2. The monoisotopic (exact) mass is 1050 g/mol. The number of ether oxygens (including phenoxy) is 3. The number of allylic oxidation sites excluding steroid dienone is 1. The van der Waals surface area contributed by atoms with Crippen LogP contribution in [0.1, 0.15) is 51.4 Å². The number of aliphatic hydroxyl groups is 1. The lowest BCUT2D eigenvalue weighted by Crippen LogP contribution is -2.17. The van der Waals surface area contributed by atoms with Crippen molar-refractivity contribution in [2.45, 2.75) is 6.92 Å². The molecule has 0 saturated carbocycles. The molecular weight excluding hydrogens is 1000 g/mol. The summed E-state index contributed by atoms with van der Waals surface area (Å²) in [5.41, 5.74) is 14.2. The predicted molar refractivity (Wildman–Crippen MR) is 307 cm³/mol. The third-order valence-electron chi connectivity index (χ3n) is 11.7. The fourth-order valence-corrected chi connectivity index (χ4v) is 8.09. The number of nitrogens with two attached hydrogens (primary N) is 1. The number of carbonyl (C=O) groups excluding carboxylic acids is 4. The molecule has 8 aromatic carbocycles. The van der Waals surface area contributed by atoms with E-state index in [0.717, 1.165) is 27.8 Å². The van der Waals surface area contributed by atoms with Crippen LogP contribution in [-0.4, -0.2) is 55.2 Å². The summed E-state index contributed by atoms with van der Waals surface area (Å²) in [5, 5.41) is 37.9. The van der Waals surface area contributed by atoms with Crippen molar-refractivity contribution in [3.63, 3.8) is 0 Å². The largest absolute Gasteiger partial charge is 0.459 e. The Kier molecular flexibility index (Phi) is 22.7. The van der Waals surface area contributed by atoms with Gasteiger partial charge in [0, 0.05) is 29.2 Å². The summed E-state index contributed by atoms with van der Waals surface area (Å²) in [7, 11) is 0. The average molecular weight is 1060 g/mol. The Balaban J connectivity index is 0.000000216. The fraction of sp³-hybridized carbons (Fsp3) is 0.0735. The summed E-state index contributed by atoms with van der Waals surface area (Å²) in [5.74, 6) is -2.53. The average Bonchev–Trinajstić information content (AvgIpc) is 3.51. The van der Waals surface area contributed by atoms with E-state index in [0.29, 0.717) is 44.7 Å². The zero-order valence-corrected chi connectivity index (χ0v) is 43.6. The molecule has 3 N–H and O–H groups in total. The minimum atomic E-state index is -0.841. The van der Waals surface area contributed by atoms with Gasteiger partial charge in [-0.25, -0.2) is 14.4 Å². The molecule has 8 rings (SSSR count). The summed E-state index contributed by atoms with van der Waals surface area (Å²) >= 11 is 0. The molecule has 394 valence electrons. The maximum absolute atomic E-state index is 13.0. The first-order valence-electron chi connectivity index (χ1n) is 25.1. The standard InChI is InChI=1S/C34H24N2O4.C18H15NO3.C16H15NO/c35-23-29(31(25-13-5-1-6-14-25)26-15-7-2-8-16-26)33(37)39-21-22-40-34(38)30(24-36)32(27-17-9-3-10-18-27)28-19-11-4-12-20-28;19-13-16(18(21)22-12-11-20)17(14-7-3-1-4-8-14)15-9-5-2-6-10-15;1-12(18)16(17)15(13-8-4-2-5-9-13)14-10-6-3-7-11-14/h1-20H,21-22H2;1-10,20H,11-12H2;2-11H,17H2,1H3. The van der Waals surface area contributed by atoms with Crippen LogP contribution >= 0.6 is 0 Å². The molecule has 12 heteroatoms. The molecule has 0 aliphatic heterocycles. The zero-order valence-electron chi connectivity index (χ0n) is 43.6. The molecule has 8 aromatic rings. The Bertz CT molecular complexity index is 3310. The van der Waals surface area contributed by atoms with Crippen LogP contribution in [0.5, 0.6) is 0 Å². The van der Waals surface area contributed by atoms with Crippen LogP contribution in [0.25, 0.3) is 22.3 Å². The smallest absolute Gasteiger partial charge is 0.349 e. The van der Waals surface area contributed by atoms with E-state index in [2.05, 4.69) is 0 Å². The number of Topliss-reactive ketones (excluding diaryl/α,β-unsaturated/α-hetero) is 1. The number of ketones is 1. The predicted octanol–water partition coefficient (Wildman–Crippen LogP) is 11.7. The summed E-state index contributed by atoms with van der Waals surface area (Å²) in [6, 6.07) is 80.1. The fourth-order valence-electron chi connectivity index (χ4n) is 8.09. The highest BCUT2D eigenvalue weighted by Crippen LogP contribution is 2.31. The lowest BCUT2D eigenvalue weighted by Gasteiger charge is -2.13. The van der Waals surface area contributed by atoms with Gasteiger partial charge in [0.2, 0.25) is 0 Å². The Hall–Kier alpha value is -11.0. The van der Waals surface area contributed by atoms with Crippen LogP contribution in [0.15, 0.2) is 265 Å². The van der Waals surface area contributed by atoms with Crippen LogP contribution in [0.3, 0.4) is 0 Å². The number of nitrogens with zero attached hydrogens (tertiary/aromatic N) is 3. The van der Waals surface area contributed by atoms with Gasteiger partial charge in [0.05, 0.1) is 12.3 Å². The van der Waals surface area contributed by atoms with Gasteiger partial charge in [0.25, 0.3) is 0 Å². The molecule has 0 spiro atoms. The molecular formula is C68H54N4O8. The van der Waals surface area contributed by atoms with Gasteiger partial charge in [-0.2, -0.15) is 15.8 Å². The summed E-state index contributed by atoms with van der Waals surface area (Å²) in [4.78, 5) is 49.6. The lowest BCUT2D eigenvalue weighted by atomic mass is 9.93. The maximum atomic E-state index is 13.0. The number of benzene rings is 8. The highest BCUT2D eigenvalue weighted by atomic mass is 16.6. The van der Waals surface area contributed by atoms with Crippen molar-refractivity contribution in [1.29, 1.82) is 15.8 Å². The van der Waals surface area contributed by atoms with Gasteiger partial charge >= 0.3 is 17.9 Å². The second-order valence-corrected chi connectivity index (χ2v) is 17.0. The topological polar surface area (TPSA) is 214 Å². The van der Waals surface area contributed by atoms with E-state index in [9.17, 15) is 35.0 Å². The first-order chi connectivity index (χ1) is 39.1. The molecule has 12 nitrogen and oxygen atoms in total. The Morgan fingerprint density at radius 1 is 0.350 bits per heavy atom. The van der Waals surface area contributed by atoms with Gasteiger partial charge in [-0.15, -0.1) is 0 Å². The van der Waals surface area contributed by atoms with Crippen LogP contribution < -0.4 is 5.73 Å². The third kappa shape index (κ3) is 16.3. The Labute approximate surface area is 465 Å². The minimum absolute atomic E-state index is 0.0779. The molecule has 80 heavy (non-hydrogen) atoms. The van der Waals surface area contributed by atoms with Crippen molar-refractivity contribution in [3.8, 4) is 18.2 Å². The number of hydrogen-bond acceptors (Lipinski definition) is 12. The van der Waals surface area contributed by atoms with Gasteiger partial charge in [-0.1, -0.05) is 243 Å². The van der Waals surface area contributed by atoms with Crippen LogP contribution in [0, 0.1) is 34.0 Å². The van der Waals surface area contributed by atoms with Crippen LogP contribution in [0.2, 0.25) is 0 Å². The van der Waals surface area contributed by atoms with E-state index in [-0.39, 0.29) is 48.9 Å². The lowest BCUT2D eigenvalue weighted by molar-refractivity contribution is -0.146. The van der Waals surface area contributed by atoms with Gasteiger partial charge < -0.3 is 25.1 Å². The molecule has 0 aliphatic carbocycles. The quantitative estimate of drug-likeness (QED) is 0.0286.